The fourth-order valence-electron chi connectivity index (χ4n) is 1.90. The highest BCUT2D eigenvalue weighted by Gasteiger charge is 2.38. The average Bonchev–Trinajstić information content (AvgIpc) is 2.33. The quantitative estimate of drug-likeness (QED) is 0.715. The van der Waals surface area contributed by atoms with Crippen molar-refractivity contribution in [2.24, 2.45) is 5.92 Å². The summed E-state index contributed by atoms with van der Waals surface area (Å²) in [6.45, 7) is 1.77. The van der Waals surface area contributed by atoms with E-state index in [-0.39, 0.29) is 5.92 Å². The van der Waals surface area contributed by atoms with Gasteiger partial charge < -0.3 is 15.3 Å². The molecule has 0 saturated carbocycles. The predicted octanol–water partition coefficient (Wildman–Crippen LogP) is 0.284. The van der Waals surface area contributed by atoms with Crippen molar-refractivity contribution in [2.45, 2.75) is 32.0 Å². The van der Waals surface area contributed by atoms with Crippen molar-refractivity contribution in [3.8, 4) is 0 Å². The molecule has 0 aromatic rings. The molecule has 0 radical (unpaired) electrons. The highest BCUT2D eigenvalue weighted by molar-refractivity contribution is 6.35. The molecule has 110 valence electrons. The van der Waals surface area contributed by atoms with E-state index in [0.29, 0.717) is 13.1 Å². The van der Waals surface area contributed by atoms with E-state index in [1.807, 2.05) is 6.92 Å². The number of nitrogens with one attached hydrogen (secondary N) is 1. The van der Waals surface area contributed by atoms with Crippen molar-refractivity contribution in [1.82, 2.24) is 10.2 Å². The van der Waals surface area contributed by atoms with Gasteiger partial charge in [0.25, 0.3) is 0 Å². The van der Waals surface area contributed by atoms with Gasteiger partial charge in [-0.05, 0) is 18.8 Å². The van der Waals surface area contributed by atoms with E-state index in [2.05, 4.69) is 0 Å². The number of aliphatic hydroxyl groups excluding tert-OH is 1. The molecule has 0 spiro atoms. The minimum Gasteiger partial charge on any atom is -0.382 e. The average molecular weight is 282 g/mol. The fraction of sp³-hybridized carbons (Fsp3) is 0.818. The van der Waals surface area contributed by atoms with Crippen molar-refractivity contribution in [3.05, 3.63) is 0 Å². The third kappa shape index (κ3) is 4.70. The summed E-state index contributed by atoms with van der Waals surface area (Å²) in [4.78, 5) is 24.4. The molecule has 19 heavy (non-hydrogen) atoms. The van der Waals surface area contributed by atoms with E-state index >= 15 is 0 Å². The van der Waals surface area contributed by atoms with E-state index in [9.17, 15) is 22.8 Å². The second-order valence-corrected chi connectivity index (χ2v) is 4.77. The van der Waals surface area contributed by atoms with E-state index in [1.165, 1.54) is 4.90 Å². The Bertz CT molecular complexity index is 347. The first-order valence-electron chi connectivity index (χ1n) is 6.03. The largest absolute Gasteiger partial charge is 0.416 e. The fourth-order valence-corrected chi connectivity index (χ4v) is 1.90. The van der Waals surface area contributed by atoms with E-state index < -0.39 is 30.6 Å². The summed E-state index contributed by atoms with van der Waals surface area (Å²) >= 11 is 0. The summed E-state index contributed by atoms with van der Waals surface area (Å²) in [5.41, 5.74) is 0. The van der Waals surface area contributed by atoms with Crippen molar-refractivity contribution in [1.29, 1.82) is 0 Å². The van der Waals surface area contributed by atoms with Crippen LogP contribution in [0.5, 0.6) is 0 Å². The van der Waals surface area contributed by atoms with E-state index in [1.54, 1.807) is 5.32 Å². The zero-order valence-corrected chi connectivity index (χ0v) is 10.5. The summed E-state index contributed by atoms with van der Waals surface area (Å²) < 4.78 is 36.0. The highest BCUT2D eigenvalue weighted by atomic mass is 19.4. The number of aliphatic hydroxyl groups is 1. The zero-order chi connectivity index (χ0) is 14.6. The Morgan fingerprint density at radius 1 is 1.47 bits per heavy atom. The molecule has 0 aromatic carbocycles. The molecule has 0 bridgehead atoms. The lowest BCUT2D eigenvalue weighted by molar-refractivity contribution is -0.202. The van der Waals surface area contributed by atoms with Crippen LogP contribution in [-0.4, -0.2) is 53.7 Å². The predicted molar refractivity (Wildman–Crippen MR) is 60.0 cm³/mol. The molecule has 2 atom stereocenters. The molecule has 5 nitrogen and oxygen atoms in total. The van der Waals surface area contributed by atoms with Crippen LogP contribution in [0.25, 0.3) is 0 Å². The van der Waals surface area contributed by atoms with Crippen LogP contribution >= 0.6 is 0 Å². The molecule has 2 amide bonds. The Hall–Kier alpha value is -1.31. The standard InChI is InChI=1S/C11H17F3N2O3/c1-7-3-2-4-16(6-7)10(19)9(18)15-5-8(17)11(12,13)14/h7-8,17H,2-6H2,1H3,(H,15,18). The number of rotatable bonds is 2. The number of piperidine rings is 1. The van der Waals surface area contributed by atoms with Crippen LogP contribution in [0.2, 0.25) is 0 Å². The Morgan fingerprint density at radius 3 is 2.63 bits per heavy atom. The molecular weight excluding hydrogens is 265 g/mol. The van der Waals surface area contributed by atoms with Crippen molar-refractivity contribution in [3.63, 3.8) is 0 Å². The topological polar surface area (TPSA) is 69.6 Å². The molecule has 1 aliphatic heterocycles. The van der Waals surface area contributed by atoms with Crippen LogP contribution in [0.1, 0.15) is 19.8 Å². The van der Waals surface area contributed by atoms with Gasteiger partial charge in [0.2, 0.25) is 0 Å². The van der Waals surface area contributed by atoms with Crippen molar-refractivity contribution >= 4 is 11.8 Å². The van der Waals surface area contributed by atoms with Gasteiger partial charge in [0.1, 0.15) is 0 Å². The first-order chi connectivity index (χ1) is 8.71. The van der Waals surface area contributed by atoms with E-state index in [0.717, 1.165) is 12.8 Å². The second-order valence-electron chi connectivity index (χ2n) is 4.77. The normalized spacial score (nSPS) is 21.9. The Morgan fingerprint density at radius 2 is 2.11 bits per heavy atom. The maximum Gasteiger partial charge on any atom is 0.416 e. The molecule has 0 aromatic heterocycles. The maximum atomic E-state index is 12.0. The van der Waals surface area contributed by atoms with Gasteiger partial charge in [-0.2, -0.15) is 13.2 Å². The van der Waals surface area contributed by atoms with Gasteiger partial charge in [-0.25, -0.2) is 0 Å². The van der Waals surface area contributed by atoms with Crippen LogP contribution in [-0.2, 0) is 9.59 Å². The number of carbonyl (C=O) groups is 2. The second kappa shape index (κ2) is 6.23. The molecular formula is C11H17F3N2O3. The highest BCUT2D eigenvalue weighted by Crippen LogP contribution is 2.19. The zero-order valence-electron chi connectivity index (χ0n) is 10.5. The summed E-state index contributed by atoms with van der Waals surface area (Å²) in [6, 6.07) is 0. The third-order valence-electron chi connectivity index (χ3n) is 2.97. The number of halogens is 3. The van der Waals surface area contributed by atoms with Crippen LogP contribution in [0.15, 0.2) is 0 Å². The smallest absolute Gasteiger partial charge is 0.382 e. The van der Waals surface area contributed by atoms with Crippen molar-refractivity contribution < 1.29 is 27.9 Å². The first-order valence-corrected chi connectivity index (χ1v) is 6.03. The molecule has 0 aliphatic carbocycles. The number of carbonyl (C=O) groups excluding carboxylic acids is 2. The van der Waals surface area contributed by atoms with Gasteiger partial charge in [0.15, 0.2) is 6.10 Å². The lowest BCUT2D eigenvalue weighted by Crippen LogP contribution is -2.49. The van der Waals surface area contributed by atoms with Gasteiger partial charge >= 0.3 is 18.0 Å². The summed E-state index contributed by atoms with van der Waals surface area (Å²) in [7, 11) is 0. The Kier molecular flexibility index (Phi) is 5.16. The van der Waals surface area contributed by atoms with Gasteiger partial charge in [-0.3, -0.25) is 9.59 Å². The molecule has 1 fully saturated rings. The molecule has 1 rings (SSSR count). The van der Waals surface area contributed by atoms with Gasteiger partial charge in [-0.1, -0.05) is 6.92 Å². The number of hydrogen-bond acceptors (Lipinski definition) is 3. The summed E-state index contributed by atoms with van der Waals surface area (Å²) in [5.74, 6) is -1.69. The number of hydrogen-bond donors (Lipinski definition) is 2. The lowest BCUT2D eigenvalue weighted by Gasteiger charge is -2.30. The number of likely N-dealkylation sites (tertiary alicyclic amines) is 1. The number of alkyl halides is 3. The minimum absolute atomic E-state index is 0.270. The van der Waals surface area contributed by atoms with Crippen molar-refractivity contribution in [2.75, 3.05) is 19.6 Å². The minimum atomic E-state index is -4.81. The summed E-state index contributed by atoms with van der Waals surface area (Å²) in [5, 5.41) is 10.5. The van der Waals surface area contributed by atoms with Crippen LogP contribution < -0.4 is 5.32 Å². The number of amides is 2. The molecule has 2 unspecified atom stereocenters. The maximum absolute atomic E-state index is 12.0. The Labute approximate surface area is 108 Å². The summed E-state index contributed by atoms with van der Waals surface area (Å²) in [6.07, 6.45) is -5.75. The molecule has 1 heterocycles. The molecule has 2 N–H and O–H groups in total. The number of nitrogens with zero attached hydrogens (tertiary/aromatic N) is 1. The SMILES string of the molecule is CC1CCCN(C(=O)C(=O)NCC(O)C(F)(F)F)C1. The van der Waals surface area contributed by atoms with E-state index in [4.69, 9.17) is 5.11 Å². The van der Waals surface area contributed by atoms with Crippen LogP contribution in [0.4, 0.5) is 13.2 Å². The Balaban J connectivity index is 2.43. The lowest BCUT2D eigenvalue weighted by atomic mass is 10.0. The molecule has 1 saturated heterocycles. The molecule has 1 aliphatic rings. The van der Waals surface area contributed by atoms with Crippen LogP contribution in [0.3, 0.4) is 0 Å². The molecule has 8 heteroatoms. The van der Waals surface area contributed by atoms with Gasteiger partial charge in [0.05, 0.1) is 6.54 Å². The van der Waals surface area contributed by atoms with Gasteiger partial charge in [0, 0.05) is 13.1 Å². The van der Waals surface area contributed by atoms with Crippen LogP contribution in [0, 0.1) is 5.92 Å². The first kappa shape index (κ1) is 15.7. The van der Waals surface area contributed by atoms with Gasteiger partial charge in [-0.15, -0.1) is 0 Å². The third-order valence-corrected chi connectivity index (χ3v) is 2.97. The monoisotopic (exact) mass is 282 g/mol.